The number of nitrogens with one attached hydrogen (secondary N) is 1. The van der Waals surface area contributed by atoms with Crippen molar-refractivity contribution in [3.63, 3.8) is 0 Å². The summed E-state index contributed by atoms with van der Waals surface area (Å²) in [7, 11) is -2.42. The SMILES string of the molecule is CC/C(Nc1ccccc1)=C(/C#N)[P+](c1ccccc1)(c1ccccc1)c1ccccc1. The Balaban J connectivity index is 2.09. The third kappa shape index (κ3) is 4.09. The average Bonchev–Trinajstić information content (AvgIpc) is 2.88. The molecule has 0 saturated carbocycles. The molecular formula is C29H26N2P+. The number of allylic oxidation sites excluding steroid dienone is 2. The molecular weight excluding hydrogens is 407 g/mol. The molecule has 0 aliphatic rings. The molecule has 32 heavy (non-hydrogen) atoms. The Morgan fingerprint density at radius 3 is 1.38 bits per heavy atom. The molecule has 0 aliphatic heterocycles. The van der Waals surface area contributed by atoms with E-state index in [1.165, 1.54) is 15.9 Å². The van der Waals surface area contributed by atoms with Crippen molar-refractivity contribution in [3.8, 4) is 6.07 Å². The van der Waals surface area contributed by atoms with E-state index in [2.05, 4.69) is 91.1 Å². The zero-order valence-electron chi connectivity index (χ0n) is 18.1. The van der Waals surface area contributed by atoms with Crippen LogP contribution in [0, 0.1) is 11.3 Å². The molecule has 156 valence electrons. The molecule has 0 aromatic heterocycles. The standard InChI is InChI=1S/C29H26N2P/c1-2-28(31-24-15-7-3-8-16-24)29(23-30)32(25-17-9-4-10-18-25,26-19-11-5-12-20-26)27-21-13-6-14-22-27/h3-22,31H,2H2,1H3/q+1/b29-28+. The molecule has 0 heterocycles. The van der Waals surface area contributed by atoms with Crippen LogP contribution in [-0.2, 0) is 0 Å². The number of hydrogen-bond donors (Lipinski definition) is 1. The van der Waals surface area contributed by atoms with Crippen LogP contribution < -0.4 is 21.2 Å². The van der Waals surface area contributed by atoms with Gasteiger partial charge in [-0.25, -0.2) is 0 Å². The highest BCUT2D eigenvalue weighted by atomic mass is 31.2. The van der Waals surface area contributed by atoms with E-state index in [0.717, 1.165) is 23.1 Å². The van der Waals surface area contributed by atoms with E-state index < -0.39 is 7.26 Å². The summed E-state index contributed by atoms with van der Waals surface area (Å²) in [6.07, 6.45) is 0.728. The van der Waals surface area contributed by atoms with Gasteiger partial charge in [-0.15, -0.1) is 0 Å². The van der Waals surface area contributed by atoms with Gasteiger partial charge in [-0.1, -0.05) is 79.7 Å². The molecule has 0 bridgehead atoms. The summed E-state index contributed by atoms with van der Waals surface area (Å²) >= 11 is 0. The van der Waals surface area contributed by atoms with Crippen LogP contribution in [0.5, 0.6) is 0 Å². The molecule has 4 aromatic carbocycles. The molecule has 0 saturated heterocycles. The number of anilines is 1. The Morgan fingerprint density at radius 1 is 0.656 bits per heavy atom. The second-order valence-corrected chi connectivity index (χ2v) is 10.8. The smallest absolute Gasteiger partial charge is 0.204 e. The number of para-hydroxylation sites is 1. The van der Waals surface area contributed by atoms with Gasteiger partial charge in [0.1, 0.15) is 22.0 Å². The van der Waals surface area contributed by atoms with E-state index in [0.29, 0.717) is 0 Å². The second kappa shape index (κ2) is 10.1. The summed E-state index contributed by atoms with van der Waals surface area (Å²) in [4.78, 5) is 0. The number of nitrogens with zero attached hydrogens (tertiary/aromatic N) is 1. The van der Waals surface area contributed by atoms with Crippen LogP contribution in [0.1, 0.15) is 13.3 Å². The maximum atomic E-state index is 10.7. The van der Waals surface area contributed by atoms with Gasteiger partial charge in [0.2, 0.25) is 5.31 Å². The fourth-order valence-corrected chi connectivity index (χ4v) is 8.44. The van der Waals surface area contributed by atoms with Crippen LogP contribution in [0.3, 0.4) is 0 Å². The fraction of sp³-hybridized carbons (Fsp3) is 0.0690. The van der Waals surface area contributed by atoms with Crippen LogP contribution >= 0.6 is 7.26 Å². The van der Waals surface area contributed by atoms with Crippen LogP contribution in [0.4, 0.5) is 5.69 Å². The first-order valence-corrected chi connectivity index (χ1v) is 12.6. The topological polar surface area (TPSA) is 35.8 Å². The van der Waals surface area contributed by atoms with Gasteiger partial charge in [0, 0.05) is 5.69 Å². The van der Waals surface area contributed by atoms with Gasteiger partial charge in [0.15, 0.2) is 7.26 Å². The highest BCUT2D eigenvalue weighted by Crippen LogP contribution is 2.63. The first kappa shape index (κ1) is 21.6. The summed E-state index contributed by atoms with van der Waals surface area (Å²) < 4.78 is 0. The van der Waals surface area contributed by atoms with E-state index in [1.807, 2.05) is 48.5 Å². The van der Waals surface area contributed by atoms with Crippen molar-refractivity contribution in [2.75, 3.05) is 5.32 Å². The lowest BCUT2D eigenvalue weighted by Gasteiger charge is -2.28. The van der Waals surface area contributed by atoms with Crippen molar-refractivity contribution < 1.29 is 0 Å². The van der Waals surface area contributed by atoms with Gasteiger partial charge in [-0.2, -0.15) is 5.26 Å². The Bertz CT molecular complexity index is 1120. The van der Waals surface area contributed by atoms with Crippen molar-refractivity contribution in [1.29, 1.82) is 5.26 Å². The minimum absolute atomic E-state index is 0.728. The van der Waals surface area contributed by atoms with Gasteiger partial charge in [-0.05, 0) is 55.0 Å². The van der Waals surface area contributed by atoms with E-state index in [9.17, 15) is 5.26 Å². The fourth-order valence-electron chi connectivity index (χ4n) is 4.14. The summed E-state index contributed by atoms with van der Waals surface area (Å²) in [5.74, 6) is 0. The summed E-state index contributed by atoms with van der Waals surface area (Å²) in [5, 5.41) is 18.6. The van der Waals surface area contributed by atoms with Gasteiger partial charge in [0.05, 0.1) is 5.70 Å². The molecule has 0 unspecified atom stereocenters. The molecule has 2 nitrogen and oxygen atoms in total. The quantitative estimate of drug-likeness (QED) is 0.277. The summed E-state index contributed by atoms with van der Waals surface area (Å²) in [6.45, 7) is 2.11. The molecule has 0 radical (unpaired) electrons. The second-order valence-electron chi connectivity index (χ2n) is 7.46. The van der Waals surface area contributed by atoms with Gasteiger partial charge < -0.3 is 5.32 Å². The monoisotopic (exact) mass is 433 g/mol. The third-order valence-electron chi connectivity index (χ3n) is 5.58. The Kier molecular flexibility index (Phi) is 6.81. The van der Waals surface area contributed by atoms with Crippen LogP contribution in [0.15, 0.2) is 132 Å². The van der Waals surface area contributed by atoms with E-state index in [1.54, 1.807) is 0 Å². The number of hydrogen-bond acceptors (Lipinski definition) is 2. The van der Waals surface area contributed by atoms with Crippen molar-refractivity contribution in [1.82, 2.24) is 0 Å². The van der Waals surface area contributed by atoms with E-state index in [-0.39, 0.29) is 0 Å². The molecule has 3 heteroatoms. The predicted octanol–water partition coefficient (Wildman–Crippen LogP) is 6.24. The highest BCUT2D eigenvalue weighted by molar-refractivity contribution is 7.99. The summed E-state index contributed by atoms with van der Waals surface area (Å²) in [6, 6.07) is 44.3. The van der Waals surface area contributed by atoms with Crippen molar-refractivity contribution >= 4 is 28.9 Å². The van der Waals surface area contributed by atoms with Gasteiger partial charge >= 0.3 is 0 Å². The van der Waals surface area contributed by atoms with E-state index >= 15 is 0 Å². The number of rotatable bonds is 7. The zero-order chi connectivity index (χ0) is 22.2. The third-order valence-corrected chi connectivity index (χ3v) is 9.84. The molecule has 1 N–H and O–H groups in total. The first-order valence-electron chi connectivity index (χ1n) is 10.8. The molecule has 0 spiro atoms. The summed E-state index contributed by atoms with van der Waals surface area (Å²) in [5.41, 5.74) is 1.95. The largest absolute Gasteiger partial charge is 0.355 e. The lowest BCUT2D eigenvalue weighted by molar-refractivity contribution is 1.10. The lowest BCUT2D eigenvalue weighted by atomic mass is 10.2. The number of nitriles is 1. The van der Waals surface area contributed by atoms with Crippen LogP contribution in [0.2, 0.25) is 0 Å². The number of benzene rings is 4. The van der Waals surface area contributed by atoms with Crippen molar-refractivity contribution in [2.24, 2.45) is 0 Å². The lowest BCUT2D eigenvalue weighted by Crippen LogP contribution is -2.33. The zero-order valence-corrected chi connectivity index (χ0v) is 19.0. The maximum Gasteiger partial charge on any atom is 0.204 e. The Hall–Kier alpha value is -3.66. The molecule has 4 aromatic rings. The van der Waals surface area contributed by atoms with Crippen molar-refractivity contribution in [2.45, 2.75) is 13.3 Å². The maximum absolute atomic E-state index is 10.7. The van der Waals surface area contributed by atoms with Gasteiger partial charge in [0.25, 0.3) is 0 Å². The Labute approximate surface area is 191 Å². The molecule has 0 fully saturated rings. The van der Waals surface area contributed by atoms with Crippen LogP contribution in [-0.4, -0.2) is 0 Å². The molecule has 0 atom stereocenters. The molecule has 4 rings (SSSR count). The first-order chi connectivity index (χ1) is 15.8. The average molecular weight is 434 g/mol. The minimum Gasteiger partial charge on any atom is -0.355 e. The van der Waals surface area contributed by atoms with Crippen molar-refractivity contribution in [3.05, 3.63) is 132 Å². The predicted molar refractivity (Wildman–Crippen MR) is 138 cm³/mol. The highest BCUT2D eigenvalue weighted by Gasteiger charge is 2.51. The Morgan fingerprint density at radius 2 is 1.03 bits per heavy atom. The molecule has 0 amide bonds. The van der Waals surface area contributed by atoms with Crippen LogP contribution in [0.25, 0.3) is 0 Å². The van der Waals surface area contributed by atoms with Gasteiger partial charge in [-0.3, -0.25) is 0 Å². The minimum atomic E-state index is -2.42. The van der Waals surface area contributed by atoms with E-state index in [4.69, 9.17) is 0 Å². The normalized spacial score (nSPS) is 11.9. The molecule has 0 aliphatic carbocycles.